The summed E-state index contributed by atoms with van der Waals surface area (Å²) in [7, 11) is 4.04. The Kier molecular flexibility index (Phi) is 5.22. The van der Waals surface area contributed by atoms with Gasteiger partial charge in [-0.15, -0.1) is 0 Å². The van der Waals surface area contributed by atoms with Crippen LogP contribution in [0.3, 0.4) is 0 Å². The summed E-state index contributed by atoms with van der Waals surface area (Å²) in [5.74, 6) is 0.800. The van der Waals surface area contributed by atoms with Gasteiger partial charge < -0.3 is 15.4 Å². The van der Waals surface area contributed by atoms with Crippen molar-refractivity contribution < 1.29 is 4.74 Å². The van der Waals surface area contributed by atoms with Crippen molar-refractivity contribution in [2.45, 2.75) is 19.4 Å². The molecule has 0 spiro atoms. The van der Waals surface area contributed by atoms with Gasteiger partial charge >= 0.3 is 0 Å². The Balaban J connectivity index is 2.45. The molecule has 2 N–H and O–H groups in total. The van der Waals surface area contributed by atoms with E-state index in [9.17, 15) is 0 Å². The van der Waals surface area contributed by atoms with Gasteiger partial charge in [0.2, 0.25) is 0 Å². The molecule has 0 saturated carbocycles. The summed E-state index contributed by atoms with van der Waals surface area (Å²) in [6.45, 7) is 3.62. The van der Waals surface area contributed by atoms with Crippen molar-refractivity contribution >= 4 is 0 Å². The molecule has 90 valence electrons. The summed E-state index contributed by atoms with van der Waals surface area (Å²) in [6, 6.07) is 3.88. The minimum Gasteiger partial charge on any atom is -0.491 e. The van der Waals surface area contributed by atoms with Gasteiger partial charge in [0.05, 0.1) is 11.9 Å². The first-order valence-corrected chi connectivity index (χ1v) is 5.62. The van der Waals surface area contributed by atoms with Crippen molar-refractivity contribution in [2.75, 3.05) is 27.2 Å². The molecule has 4 nitrogen and oxygen atoms in total. The van der Waals surface area contributed by atoms with Crippen molar-refractivity contribution in [3.05, 3.63) is 24.0 Å². The Hall–Kier alpha value is -1.13. The maximum Gasteiger partial charge on any atom is 0.137 e. The molecule has 0 amide bonds. The molecule has 4 heteroatoms. The van der Waals surface area contributed by atoms with Crippen molar-refractivity contribution in [3.8, 4) is 5.75 Å². The number of rotatable bonds is 6. The largest absolute Gasteiger partial charge is 0.491 e. The maximum atomic E-state index is 5.87. The van der Waals surface area contributed by atoms with Crippen molar-refractivity contribution in [1.82, 2.24) is 9.88 Å². The van der Waals surface area contributed by atoms with Crippen LogP contribution in [0.2, 0.25) is 0 Å². The highest BCUT2D eigenvalue weighted by atomic mass is 16.5. The number of likely N-dealkylation sites (N-methyl/N-ethyl adjacent to an activating group) is 1. The lowest BCUT2D eigenvalue weighted by Gasteiger charge is -2.12. The summed E-state index contributed by atoms with van der Waals surface area (Å²) < 4.78 is 5.54. The van der Waals surface area contributed by atoms with Gasteiger partial charge in [0.1, 0.15) is 12.4 Å². The van der Waals surface area contributed by atoms with Crippen LogP contribution in [0.25, 0.3) is 0 Å². The third-order valence-electron chi connectivity index (χ3n) is 2.39. The molecular formula is C12H21N3O. The van der Waals surface area contributed by atoms with Gasteiger partial charge in [-0.05, 0) is 32.6 Å². The first kappa shape index (κ1) is 12.9. The van der Waals surface area contributed by atoms with E-state index in [2.05, 4.69) is 9.88 Å². The van der Waals surface area contributed by atoms with E-state index in [1.165, 1.54) is 0 Å². The van der Waals surface area contributed by atoms with E-state index in [1.54, 1.807) is 6.20 Å². The molecule has 0 fully saturated rings. The lowest BCUT2D eigenvalue weighted by molar-refractivity contribution is 0.260. The second-order valence-corrected chi connectivity index (χ2v) is 4.09. The monoisotopic (exact) mass is 223 g/mol. The maximum absolute atomic E-state index is 5.87. The van der Waals surface area contributed by atoms with Gasteiger partial charge in [0.25, 0.3) is 0 Å². The number of nitrogens with zero attached hydrogens (tertiary/aromatic N) is 2. The highest BCUT2D eigenvalue weighted by molar-refractivity contribution is 5.21. The summed E-state index contributed by atoms with van der Waals surface area (Å²) in [5.41, 5.74) is 6.79. The van der Waals surface area contributed by atoms with E-state index in [-0.39, 0.29) is 6.04 Å². The summed E-state index contributed by atoms with van der Waals surface area (Å²) in [4.78, 5) is 6.36. The van der Waals surface area contributed by atoms with Crippen LogP contribution < -0.4 is 10.5 Å². The molecule has 1 atom stereocenters. The van der Waals surface area contributed by atoms with Crippen molar-refractivity contribution in [1.29, 1.82) is 0 Å². The summed E-state index contributed by atoms with van der Waals surface area (Å²) in [5, 5.41) is 0. The minimum atomic E-state index is 0.0239. The molecule has 1 rings (SSSR count). The molecule has 0 unspecified atom stereocenters. The predicted molar refractivity (Wildman–Crippen MR) is 65.5 cm³/mol. The fourth-order valence-electron chi connectivity index (χ4n) is 1.25. The quantitative estimate of drug-likeness (QED) is 0.792. The summed E-state index contributed by atoms with van der Waals surface area (Å²) >= 11 is 0. The third-order valence-corrected chi connectivity index (χ3v) is 2.39. The van der Waals surface area contributed by atoms with Crippen LogP contribution in [0.5, 0.6) is 5.75 Å². The number of aromatic nitrogens is 1. The van der Waals surface area contributed by atoms with Crippen LogP contribution in [0, 0.1) is 0 Å². The molecule has 1 aromatic rings. The fourth-order valence-corrected chi connectivity index (χ4v) is 1.25. The van der Waals surface area contributed by atoms with Crippen molar-refractivity contribution in [2.24, 2.45) is 5.73 Å². The average molecular weight is 223 g/mol. The molecule has 16 heavy (non-hydrogen) atoms. The fraction of sp³-hybridized carbons (Fsp3) is 0.583. The first-order chi connectivity index (χ1) is 7.63. The van der Waals surface area contributed by atoms with E-state index in [0.29, 0.717) is 6.61 Å². The Morgan fingerprint density at radius 3 is 2.69 bits per heavy atom. The zero-order chi connectivity index (χ0) is 12.0. The number of ether oxygens (including phenoxy) is 1. The van der Waals surface area contributed by atoms with Gasteiger partial charge in [-0.3, -0.25) is 4.98 Å². The molecule has 0 saturated heterocycles. The van der Waals surface area contributed by atoms with E-state index < -0.39 is 0 Å². The van der Waals surface area contributed by atoms with E-state index in [1.807, 2.05) is 33.2 Å². The van der Waals surface area contributed by atoms with Crippen molar-refractivity contribution in [3.63, 3.8) is 0 Å². The normalized spacial score (nSPS) is 12.8. The molecule has 0 aliphatic heterocycles. The Bertz CT molecular complexity index is 298. The van der Waals surface area contributed by atoms with Crippen LogP contribution in [-0.2, 0) is 0 Å². The van der Waals surface area contributed by atoms with E-state index in [4.69, 9.17) is 10.5 Å². The molecular weight excluding hydrogens is 202 g/mol. The Morgan fingerprint density at radius 1 is 1.44 bits per heavy atom. The molecule has 0 radical (unpaired) electrons. The number of nitrogens with two attached hydrogens (primary N) is 1. The van der Waals surface area contributed by atoms with Gasteiger partial charge in [0, 0.05) is 12.6 Å². The molecule has 0 bridgehead atoms. The Labute approximate surface area is 97.4 Å². The topological polar surface area (TPSA) is 51.4 Å². The van der Waals surface area contributed by atoms with Gasteiger partial charge in [0.15, 0.2) is 0 Å². The average Bonchev–Trinajstić information content (AvgIpc) is 2.28. The molecule has 0 aliphatic rings. The van der Waals surface area contributed by atoms with Crippen LogP contribution >= 0.6 is 0 Å². The lowest BCUT2D eigenvalue weighted by Crippen LogP contribution is -2.19. The third kappa shape index (κ3) is 4.16. The van der Waals surface area contributed by atoms with Crippen LogP contribution in [0.1, 0.15) is 25.1 Å². The van der Waals surface area contributed by atoms with Gasteiger partial charge in [-0.2, -0.15) is 0 Å². The van der Waals surface area contributed by atoms with Crippen LogP contribution in [0.4, 0.5) is 0 Å². The number of pyridine rings is 1. The minimum absolute atomic E-state index is 0.0239. The lowest BCUT2D eigenvalue weighted by atomic mass is 10.1. The molecule has 0 aliphatic carbocycles. The molecule has 1 heterocycles. The van der Waals surface area contributed by atoms with E-state index in [0.717, 1.165) is 24.4 Å². The Morgan fingerprint density at radius 2 is 2.19 bits per heavy atom. The first-order valence-electron chi connectivity index (χ1n) is 5.62. The molecule has 0 aromatic carbocycles. The number of hydrogen-bond donors (Lipinski definition) is 1. The van der Waals surface area contributed by atoms with Crippen LogP contribution in [0.15, 0.2) is 18.3 Å². The standard InChI is InChI=1S/C12H21N3O/c1-4-11(13)12-6-5-10(9-14-12)16-8-7-15(2)3/h5-6,9,11H,4,7-8,13H2,1-3H3/t11-/m0/s1. The van der Waals surface area contributed by atoms with Gasteiger partial charge in [-0.1, -0.05) is 6.92 Å². The SMILES string of the molecule is CC[C@H](N)c1ccc(OCCN(C)C)cn1. The highest BCUT2D eigenvalue weighted by Crippen LogP contribution is 2.14. The molecule has 1 aromatic heterocycles. The van der Waals surface area contributed by atoms with Crippen LogP contribution in [-0.4, -0.2) is 37.1 Å². The number of hydrogen-bond acceptors (Lipinski definition) is 4. The second-order valence-electron chi connectivity index (χ2n) is 4.09. The summed E-state index contributed by atoms with van der Waals surface area (Å²) in [6.07, 6.45) is 2.63. The van der Waals surface area contributed by atoms with E-state index >= 15 is 0 Å². The van der Waals surface area contributed by atoms with Gasteiger partial charge in [-0.25, -0.2) is 0 Å². The predicted octanol–water partition coefficient (Wildman–Crippen LogP) is 1.43. The highest BCUT2D eigenvalue weighted by Gasteiger charge is 2.04. The zero-order valence-corrected chi connectivity index (χ0v) is 10.3. The second kappa shape index (κ2) is 6.45. The smallest absolute Gasteiger partial charge is 0.137 e. The zero-order valence-electron chi connectivity index (χ0n) is 10.3.